The summed E-state index contributed by atoms with van der Waals surface area (Å²) in [5.41, 5.74) is 0.653. The molecule has 1 unspecified atom stereocenters. The van der Waals surface area contributed by atoms with E-state index in [0.29, 0.717) is 5.56 Å². The van der Waals surface area contributed by atoms with Crippen LogP contribution >= 0.6 is 11.8 Å². The maximum absolute atomic E-state index is 11.8. The molecule has 1 rings (SSSR count). The van der Waals surface area contributed by atoms with Gasteiger partial charge < -0.3 is 5.11 Å². The van der Waals surface area contributed by atoms with Crippen LogP contribution in [0.5, 0.6) is 0 Å². The predicted molar refractivity (Wildman–Crippen MR) is 68.6 cm³/mol. The number of ketones is 1. The van der Waals surface area contributed by atoms with Gasteiger partial charge in [-0.2, -0.15) is 0 Å². The van der Waals surface area contributed by atoms with Gasteiger partial charge in [0, 0.05) is 23.3 Å². The molecule has 1 N–H and O–H groups in total. The molecule has 0 aliphatic rings. The van der Waals surface area contributed by atoms with Crippen molar-refractivity contribution in [3.8, 4) is 0 Å². The molecule has 0 saturated heterocycles. The van der Waals surface area contributed by atoms with Crippen molar-refractivity contribution in [3.05, 3.63) is 29.8 Å². The summed E-state index contributed by atoms with van der Waals surface area (Å²) in [7, 11) is 0. The van der Waals surface area contributed by atoms with Crippen molar-refractivity contribution < 1.29 is 14.7 Å². The zero-order valence-corrected chi connectivity index (χ0v) is 10.8. The summed E-state index contributed by atoms with van der Waals surface area (Å²) in [6, 6.07) is 7.39. The van der Waals surface area contributed by atoms with Crippen molar-refractivity contribution in [3.63, 3.8) is 0 Å². The minimum atomic E-state index is -0.858. The molecule has 1 atom stereocenters. The van der Waals surface area contributed by atoms with Crippen LogP contribution in [-0.4, -0.2) is 23.1 Å². The highest BCUT2D eigenvalue weighted by atomic mass is 32.2. The van der Waals surface area contributed by atoms with Crippen molar-refractivity contribution in [2.24, 2.45) is 5.92 Å². The Bertz CT molecular complexity index is 398. The van der Waals surface area contributed by atoms with E-state index in [1.807, 2.05) is 18.4 Å². The van der Waals surface area contributed by atoms with E-state index >= 15 is 0 Å². The smallest absolute Gasteiger partial charge is 0.303 e. The molecule has 0 radical (unpaired) electrons. The summed E-state index contributed by atoms with van der Waals surface area (Å²) in [5.74, 6) is -0.977. The van der Waals surface area contributed by atoms with Gasteiger partial charge in [0.15, 0.2) is 5.78 Å². The molecular weight excluding hydrogens is 236 g/mol. The number of aliphatic carboxylic acids is 1. The molecule has 1 aromatic rings. The maximum Gasteiger partial charge on any atom is 0.303 e. The lowest BCUT2D eigenvalue weighted by molar-refractivity contribution is -0.137. The maximum atomic E-state index is 11.8. The fraction of sp³-hybridized carbons (Fsp3) is 0.385. The predicted octanol–water partition coefficient (Wildman–Crippen LogP) is 3.09. The molecule has 0 amide bonds. The Morgan fingerprint density at radius 2 is 1.82 bits per heavy atom. The minimum Gasteiger partial charge on any atom is -0.481 e. The lowest BCUT2D eigenvalue weighted by atomic mass is 9.97. The number of carbonyl (C=O) groups is 2. The lowest BCUT2D eigenvalue weighted by Gasteiger charge is -2.07. The molecule has 0 heterocycles. The summed E-state index contributed by atoms with van der Waals surface area (Å²) in [6.07, 6.45) is 2.30. The van der Waals surface area contributed by atoms with Gasteiger partial charge in [-0.1, -0.05) is 19.1 Å². The molecule has 1 aromatic carbocycles. The van der Waals surface area contributed by atoms with E-state index in [1.165, 1.54) is 0 Å². The van der Waals surface area contributed by atoms with Gasteiger partial charge in [0.2, 0.25) is 0 Å². The van der Waals surface area contributed by atoms with Crippen molar-refractivity contribution in [1.29, 1.82) is 0 Å². The molecule has 0 bridgehead atoms. The van der Waals surface area contributed by atoms with Gasteiger partial charge in [-0.3, -0.25) is 9.59 Å². The fourth-order valence-corrected chi connectivity index (χ4v) is 1.99. The van der Waals surface area contributed by atoms with Gasteiger partial charge >= 0.3 is 5.97 Å². The van der Waals surface area contributed by atoms with Crippen LogP contribution in [0.15, 0.2) is 29.2 Å². The molecule has 4 heteroatoms. The Morgan fingerprint density at radius 3 is 2.29 bits per heavy atom. The van der Waals surface area contributed by atoms with Crippen LogP contribution in [0.2, 0.25) is 0 Å². The Balaban J connectivity index is 2.60. The summed E-state index contributed by atoms with van der Waals surface area (Å²) in [6.45, 7) is 1.78. The quantitative estimate of drug-likeness (QED) is 0.624. The van der Waals surface area contributed by atoms with Crippen LogP contribution in [0.4, 0.5) is 0 Å². The monoisotopic (exact) mass is 252 g/mol. The van der Waals surface area contributed by atoms with Crippen LogP contribution in [0.1, 0.15) is 30.1 Å². The third kappa shape index (κ3) is 4.61. The van der Waals surface area contributed by atoms with Gasteiger partial charge in [-0.15, -0.1) is 11.8 Å². The van der Waals surface area contributed by atoms with Gasteiger partial charge in [0.25, 0.3) is 0 Å². The van der Waals surface area contributed by atoms with E-state index in [1.54, 1.807) is 30.8 Å². The van der Waals surface area contributed by atoms with Crippen molar-refractivity contribution in [1.82, 2.24) is 0 Å². The number of thioether (sulfide) groups is 1. The van der Waals surface area contributed by atoms with Gasteiger partial charge in [0.05, 0.1) is 0 Å². The molecule has 17 heavy (non-hydrogen) atoms. The lowest BCUT2D eigenvalue weighted by Crippen LogP contribution is -2.10. The summed E-state index contributed by atoms with van der Waals surface area (Å²) in [4.78, 5) is 23.4. The molecule has 0 aromatic heterocycles. The van der Waals surface area contributed by atoms with Gasteiger partial charge in [-0.05, 0) is 24.3 Å². The zero-order valence-electron chi connectivity index (χ0n) is 9.97. The number of Topliss-reactive ketones (excluding diaryl/α,β-unsaturated/α-hetero) is 1. The first-order valence-electron chi connectivity index (χ1n) is 5.42. The van der Waals surface area contributed by atoms with Gasteiger partial charge in [0.1, 0.15) is 0 Å². The first-order chi connectivity index (χ1) is 8.02. The van der Waals surface area contributed by atoms with E-state index in [4.69, 9.17) is 5.11 Å². The highest BCUT2D eigenvalue weighted by Crippen LogP contribution is 2.17. The molecule has 3 nitrogen and oxygen atoms in total. The third-order valence-corrected chi connectivity index (χ3v) is 3.21. The minimum absolute atomic E-state index is 0.00593. The van der Waals surface area contributed by atoms with Crippen LogP contribution in [0.3, 0.4) is 0 Å². The van der Waals surface area contributed by atoms with Crippen molar-refractivity contribution in [2.75, 3.05) is 6.26 Å². The fourth-order valence-electron chi connectivity index (χ4n) is 1.58. The molecule has 0 fully saturated rings. The normalized spacial score (nSPS) is 12.1. The molecule has 0 aliphatic carbocycles. The largest absolute Gasteiger partial charge is 0.481 e. The summed E-state index contributed by atoms with van der Waals surface area (Å²) < 4.78 is 0. The SMILES string of the molecule is CSc1ccc(C(=O)CC(C)CC(=O)O)cc1. The molecule has 0 saturated carbocycles. The second-order valence-electron chi connectivity index (χ2n) is 4.06. The number of carbonyl (C=O) groups excluding carboxylic acids is 1. The first kappa shape index (κ1) is 13.8. The number of carboxylic acid groups (broad SMARTS) is 1. The average molecular weight is 252 g/mol. The van der Waals surface area contributed by atoms with E-state index in [9.17, 15) is 9.59 Å². The molecule has 92 valence electrons. The highest BCUT2D eigenvalue weighted by molar-refractivity contribution is 7.98. The summed E-state index contributed by atoms with van der Waals surface area (Å²) >= 11 is 1.62. The summed E-state index contributed by atoms with van der Waals surface area (Å²) in [5, 5.41) is 8.62. The van der Waals surface area contributed by atoms with Crippen LogP contribution in [-0.2, 0) is 4.79 Å². The van der Waals surface area contributed by atoms with Gasteiger partial charge in [-0.25, -0.2) is 0 Å². The number of benzene rings is 1. The van der Waals surface area contributed by atoms with E-state index in [2.05, 4.69) is 0 Å². The molecule has 0 spiro atoms. The number of rotatable bonds is 6. The van der Waals surface area contributed by atoms with E-state index < -0.39 is 5.97 Å². The Kier molecular flexibility index (Phi) is 5.22. The third-order valence-electron chi connectivity index (χ3n) is 2.47. The standard InChI is InChI=1S/C13H16O3S/c1-9(8-13(15)16)7-12(14)10-3-5-11(17-2)6-4-10/h3-6,9H,7-8H2,1-2H3,(H,15,16). The first-order valence-corrected chi connectivity index (χ1v) is 6.64. The second kappa shape index (κ2) is 6.45. The van der Waals surface area contributed by atoms with Crippen molar-refractivity contribution in [2.45, 2.75) is 24.7 Å². The Labute approximate surface area is 105 Å². The zero-order chi connectivity index (χ0) is 12.8. The number of carboxylic acids is 1. The second-order valence-corrected chi connectivity index (χ2v) is 4.94. The number of hydrogen-bond donors (Lipinski definition) is 1. The molecular formula is C13H16O3S. The topological polar surface area (TPSA) is 54.4 Å². The van der Waals surface area contributed by atoms with Crippen LogP contribution < -0.4 is 0 Å². The Morgan fingerprint density at radius 1 is 1.24 bits per heavy atom. The number of hydrogen-bond acceptors (Lipinski definition) is 3. The molecule has 0 aliphatic heterocycles. The average Bonchev–Trinajstić information content (AvgIpc) is 2.28. The van der Waals surface area contributed by atoms with E-state index in [-0.39, 0.29) is 24.5 Å². The van der Waals surface area contributed by atoms with E-state index in [0.717, 1.165) is 4.90 Å². The van der Waals surface area contributed by atoms with Crippen molar-refractivity contribution >= 4 is 23.5 Å². The highest BCUT2D eigenvalue weighted by Gasteiger charge is 2.13. The Hall–Kier alpha value is -1.29. The van der Waals surface area contributed by atoms with Crippen LogP contribution in [0.25, 0.3) is 0 Å². The van der Waals surface area contributed by atoms with Crippen LogP contribution in [0, 0.1) is 5.92 Å².